The number of likely N-dealkylation sites (N-methyl/N-ethyl adjacent to an activating group) is 1. The van der Waals surface area contributed by atoms with Gasteiger partial charge in [0.05, 0.1) is 40.3 Å². The number of aliphatic carboxylic acids is 1. The molecule has 0 aromatic rings. The zero-order chi connectivity index (χ0) is 45.6. The maximum atomic E-state index is 12.7. The third-order valence-electron chi connectivity index (χ3n) is 9.89. The molecule has 2 atom stereocenters. The van der Waals surface area contributed by atoms with Crippen LogP contribution in [0, 0.1) is 0 Å². The summed E-state index contributed by atoms with van der Waals surface area (Å²) in [5.74, 6) is -2.41. The smallest absolute Gasteiger partial charge is 0.306 e. The Morgan fingerprint density at radius 1 is 0.500 bits per heavy atom. The van der Waals surface area contributed by atoms with Crippen LogP contribution in [0.25, 0.3) is 0 Å². The average molecular weight is 868 g/mol. The Labute approximate surface area is 379 Å². The Morgan fingerprint density at radius 3 is 1.44 bits per heavy atom. The summed E-state index contributed by atoms with van der Waals surface area (Å²) in [4.78, 5) is 37.0. The lowest BCUT2D eigenvalue weighted by Crippen LogP contribution is -2.44. The highest BCUT2D eigenvalue weighted by molar-refractivity contribution is 5.70. The van der Waals surface area contributed by atoms with Crippen molar-refractivity contribution in [1.29, 1.82) is 0 Å². The number of ether oxygens (including phenoxy) is 4. The molecule has 0 heterocycles. The van der Waals surface area contributed by atoms with Crippen molar-refractivity contribution in [1.82, 2.24) is 0 Å². The van der Waals surface area contributed by atoms with Gasteiger partial charge in [0.15, 0.2) is 12.4 Å². The van der Waals surface area contributed by atoms with Crippen molar-refractivity contribution >= 4 is 17.9 Å². The van der Waals surface area contributed by atoms with E-state index >= 15 is 0 Å². The summed E-state index contributed by atoms with van der Waals surface area (Å²) in [6, 6.07) is 0. The first-order valence-corrected chi connectivity index (χ1v) is 24.2. The van der Waals surface area contributed by atoms with E-state index in [2.05, 4.69) is 86.8 Å². The standard InChI is InChI=1S/C53H89NO8/c1-6-8-10-12-14-16-18-20-22-24-26-28-30-32-34-36-38-40-42-44-51(56)62-49(48-61-53(52(57)58)59-46-45-54(3,4)5)47-60-50(55)43-41-39-37-35-33-31-29-27-25-23-21-19-17-15-13-11-9-7-2/h8,10,14,16,20,22-23,25-26,28,32,34,38,40,49,53H,6-7,9,11-13,15,17-19,21,24,27,29-31,33,35-37,39,41-48H2,1-5H3/b10-8-,16-14-,22-20-,25-23-,28-26-,34-32-,40-38-. The largest absolute Gasteiger partial charge is 0.545 e. The first-order valence-electron chi connectivity index (χ1n) is 24.2. The molecule has 0 N–H and O–H groups in total. The number of rotatable bonds is 43. The van der Waals surface area contributed by atoms with Crippen LogP contribution in [0.4, 0.5) is 0 Å². The van der Waals surface area contributed by atoms with E-state index in [4.69, 9.17) is 18.9 Å². The summed E-state index contributed by atoms with van der Waals surface area (Å²) in [6.45, 7) is 4.52. The molecule has 0 radical (unpaired) electrons. The number of hydrogen-bond acceptors (Lipinski definition) is 8. The quantitative estimate of drug-likeness (QED) is 0.0196. The van der Waals surface area contributed by atoms with Gasteiger partial charge in [-0.25, -0.2) is 0 Å². The number of unbranched alkanes of at least 4 members (excludes halogenated alkanes) is 14. The molecule has 0 aromatic heterocycles. The molecule has 0 aliphatic rings. The molecule has 0 fully saturated rings. The minimum atomic E-state index is -1.64. The Bertz CT molecular complexity index is 1290. The maximum absolute atomic E-state index is 12.7. The highest BCUT2D eigenvalue weighted by Crippen LogP contribution is 2.13. The van der Waals surface area contributed by atoms with E-state index in [1.54, 1.807) is 0 Å². The van der Waals surface area contributed by atoms with Gasteiger partial charge >= 0.3 is 11.9 Å². The SMILES string of the molecule is CC/C=C\C/C=C\C/C=C\C/C=C\C/C=C\C/C=C\CCC(=O)OC(COC(=O)CCCCCCCCC/C=C\CCCCCCCCC)COC(OCC[N+](C)(C)C)C(=O)[O-]. The van der Waals surface area contributed by atoms with Crippen LogP contribution in [0.5, 0.6) is 0 Å². The van der Waals surface area contributed by atoms with Crippen molar-refractivity contribution in [2.24, 2.45) is 0 Å². The second kappa shape index (κ2) is 44.1. The van der Waals surface area contributed by atoms with E-state index in [9.17, 15) is 19.5 Å². The molecule has 62 heavy (non-hydrogen) atoms. The second-order valence-electron chi connectivity index (χ2n) is 17.0. The number of carboxylic acids is 1. The van der Waals surface area contributed by atoms with Crippen LogP contribution in [0.15, 0.2) is 85.1 Å². The number of carbonyl (C=O) groups excluding carboxylic acids is 3. The lowest BCUT2D eigenvalue weighted by atomic mass is 10.1. The molecule has 0 aliphatic carbocycles. The summed E-state index contributed by atoms with van der Waals surface area (Å²) >= 11 is 0. The molecule has 0 saturated heterocycles. The van der Waals surface area contributed by atoms with E-state index in [1.807, 2.05) is 33.3 Å². The fourth-order valence-electron chi connectivity index (χ4n) is 6.14. The van der Waals surface area contributed by atoms with Crippen LogP contribution in [0.2, 0.25) is 0 Å². The molecule has 0 rings (SSSR count). The van der Waals surface area contributed by atoms with Crippen molar-refractivity contribution in [3.05, 3.63) is 85.1 Å². The van der Waals surface area contributed by atoms with Gasteiger partial charge in [0, 0.05) is 12.8 Å². The van der Waals surface area contributed by atoms with Gasteiger partial charge < -0.3 is 33.3 Å². The fraction of sp³-hybridized carbons (Fsp3) is 0.679. The molecular weight excluding hydrogens is 779 g/mol. The van der Waals surface area contributed by atoms with Crippen LogP contribution < -0.4 is 5.11 Å². The van der Waals surface area contributed by atoms with E-state index in [0.717, 1.165) is 70.6 Å². The number of hydrogen-bond donors (Lipinski definition) is 0. The van der Waals surface area contributed by atoms with Crippen LogP contribution in [-0.2, 0) is 33.3 Å². The summed E-state index contributed by atoms with van der Waals surface area (Å²) < 4.78 is 22.5. The first-order chi connectivity index (χ1) is 30.1. The van der Waals surface area contributed by atoms with Gasteiger partial charge in [0.1, 0.15) is 13.2 Å². The summed E-state index contributed by atoms with van der Waals surface area (Å²) in [7, 11) is 5.88. The third-order valence-corrected chi connectivity index (χ3v) is 9.89. The summed E-state index contributed by atoms with van der Waals surface area (Å²) in [5, 5.41) is 11.7. The number of carbonyl (C=O) groups is 3. The van der Waals surface area contributed by atoms with Gasteiger partial charge in [-0.2, -0.15) is 0 Å². The zero-order valence-electron chi connectivity index (χ0n) is 40.0. The molecule has 0 spiro atoms. The summed E-state index contributed by atoms with van der Waals surface area (Å²) in [5.41, 5.74) is 0. The molecule has 9 heteroatoms. The Hall–Kier alpha value is -3.53. The van der Waals surface area contributed by atoms with Gasteiger partial charge in [-0.15, -0.1) is 0 Å². The van der Waals surface area contributed by atoms with Gasteiger partial charge in [0.2, 0.25) is 0 Å². The van der Waals surface area contributed by atoms with E-state index in [-0.39, 0.29) is 38.6 Å². The van der Waals surface area contributed by atoms with E-state index in [1.165, 1.54) is 70.6 Å². The lowest BCUT2D eigenvalue weighted by molar-refractivity contribution is -0.870. The number of nitrogens with zero attached hydrogens (tertiary/aromatic N) is 1. The minimum Gasteiger partial charge on any atom is -0.545 e. The van der Waals surface area contributed by atoms with E-state index in [0.29, 0.717) is 17.4 Å². The number of allylic oxidation sites excluding steroid dienone is 14. The van der Waals surface area contributed by atoms with Gasteiger partial charge in [-0.1, -0.05) is 170 Å². The molecule has 0 aliphatic heterocycles. The monoisotopic (exact) mass is 868 g/mol. The molecule has 2 unspecified atom stereocenters. The topological polar surface area (TPSA) is 111 Å². The molecule has 0 bridgehead atoms. The van der Waals surface area contributed by atoms with Crippen LogP contribution >= 0.6 is 0 Å². The first kappa shape index (κ1) is 58.5. The van der Waals surface area contributed by atoms with Crippen LogP contribution in [-0.4, -0.2) is 82.3 Å². The van der Waals surface area contributed by atoms with Crippen molar-refractivity contribution in [3.8, 4) is 0 Å². The number of quaternary nitrogens is 1. The van der Waals surface area contributed by atoms with Gasteiger partial charge in [0.25, 0.3) is 0 Å². The van der Waals surface area contributed by atoms with Crippen molar-refractivity contribution in [2.45, 2.75) is 187 Å². The van der Waals surface area contributed by atoms with Crippen molar-refractivity contribution in [2.75, 3.05) is 47.5 Å². The van der Waals surface area contributed by atoms with Crippen molar-refractivity contribution in [3.63, 3.8) is 0 Å². The predicted molar refractivity (Wildman–Crippen MR) is 255 cm³/mol. The predicted octanol–water partition coefficient (Wildman–Crippen LogP) is 11.9. The summed E-state index contributed by atoms with van der Waals surface area (Å²) in [6.07, 6.45) is 53.4. The Balaban J connectivity index is 4.53. The molecule has 0 amide bonds. The molecule has 9 nitrogen and oxygen atoms in total. The lowest BCUT2D eigenvalue weighted by Gasteiger charge is -2.26. The fourth-order valence-corrected chi connectivity index (χ4v) is 6.14. The van der Waals surface area contributed by atoms with Crippen LogP contribution in [0.1, 0.15) is 174 Å². The van der Waals surface area contributed by atoms with Crippen molar-refractivity contribution < 1.29 is 42.9 Å². The van der Waals surface area contributed by atoms with Crippen LogP contribution in [0.3, 0.4) is 0 Å². The molecule has 0 aromatic carbocycles. The Kier molecular flexibility index (Phi) is 41.6. The minimum absolute atomic E-state index is 0.118. The molecule has 0 saturated carbocycles. The Morgan fingerprint density at radius 2 is 0.952 bits per heavy atom. The molecular formula is C53H89NO8. The highest BCUT2D eigenvalue weighted by Gasteiger charge is 2.21. The average Bonchev–Trinajstić information content (AvgIpc) is 3.23. The second-order valence-corrected chi connectivity index (χ2v) is 17.0. The maximum Gasteiger partial charge on any atom is 0.306 e. The number of esters is 2. The third kappa shape index (κ3) is 44.5. The highest BCUT2D eigenvalue weighted by atomic mass is 16.7. The normalized spacial score (nSPS) is 13.6. The van der Waals surface area contributed by atoms with Gasteiger partial charge in [-0.05, 0) is 77.0 Å². The number of carboxylic acid groups (broad SMARTS) is 1. The van der Waals surface area contributed by atoms with Gasteiger partial charge in [-0.3, -0.25) is 9.59 Å². The zero-order valence-corrected chi connectivity index (χ0v) is 40.0. The molecule has 354 valence electrons. The van der Waals surface area contributed by atoms with E-state index < -0.39 is 24.3 Å².